The number of aromatic nitrogens is 1. The van der Waals surface area contributed by atoms with Crippen LogP contribution in [0.2, 0.25) is 0 Å². The SMILES string of the molecule is c1ccc(-c2ccc(-c3cccc(-c4cccc5oc6cccc(-n7c8ccccc8c8cc9sc%10ccccc%10c9cc87)c6c45)c3)cc2)cc1. The van der Waals surface area contributed by atoms with E-state index in [-0.39, 0.29) is 0 Å². The van der Waals surface area contributed by atoms with Gasteiger partial charge in [0.1, 0.15) is 11.2 Å². The van der Waals surface area contributed by atoms with E-state index < -0.39 is 0 Å². The normalized spacial score (nSPS) is 11.9. The lowest BCUT2D eigenvalue weighted by atomic mass is 9.94. The smallest absolute Gasteiger partial charge is 0.137 e. The maximum atomic E-state index is 6.65. The maximum absolute atomic E-state index is 6.65. The molecule has 51 heavy (non-hydrogen) atoms. The van der Waals surface area contributed by atoms with Gasteiger partial charge in [0.15, 0.2) is 0 Å². The highest BCUT2D eigenvalue weighted by molar-refractivity contribution is 7.25. The molecular formula is C48H29NOS. The summed E-state index contributed by atoms with van der Waals surface area (Å²) in [6.07, 6.45) is 0. The summed E-state index contributed by atoms with van der Waals surface area (Å²) in [7, 11) is 0. The van der Waals surface area contributed by atoms with E-state index in [2.05, 4.69) is 180 Å². The summed E-state index contributed by atoms with van der Waals surface area (Å²) < 4.78 is 11.7. The quantitative estimate of drug-likeness (QED) is 0.183. The third-order valence-electron chi connectivity index (χ3n) is 10.4. The van der Waals surface area contributed by atoms with Crippen molar-refractivity contribution in [3.05, 3.63) is 176 Å². The summed E-state index contributed by atoms with van der Waals surface area (Å²) in [5.74, 6) is 0. The summed E-state index contributed by atoms with van der Waals surface area (Å²) in [4.78, 5) is 0. The molecule has 0 aliphatic carbocycles. The standard InChI is InChI=1S/C48H29NOS/c1-2-11-30(12-3-1)31-23-25-32(26-24-31)33-13-8-14-34(27-33)35-17-9-20-43-47(35)48-41(19-10-21-44(48)50-43)49-40-18-6-4-15-36(40)38-29-46-39(28-42(38)49)37-16-5-7-22-45(37)51-46/h1-29H. The van der Waals surface area contributed by atoms with E-state index in [9.17, 15) is 0 Å². The van der Waals surface area contributed by atoms with Gasteiger partial charge in [-0.25, -0.2) is 0 Å². The van der Waals surface area contributed by atoms with Gasteiger partial charge in [-0.05, 0) is 81.9 Å². The van der Waals surface area contributed by atoms with Crippen molar-refractivity contribution in [3.63, 3.8) is 0 Å². The molecule has 8 aromatic carbocycles. The molecule has 0 amide bonds. The van der Waals surface area contributed by atoms with Gasteiger partial charge in [-0.1, -0.05) is 127 Å². The molecule has 0 N–H and O–H groups in total. The van der Waals surface area contributed by atoms with Crippen LogP contribution in [0.3, 0.4) is 0 Å². The van der Waals surface area contributed by atoms with Gasteiger partial charge >= 0.3 is 0 Å². The molecule has 238 valence electrons. The van der Waals surface area contributed by atoms with Crippen LogP contribution < -0.4 is 0 Å². The van der Waals surface area contributed by atoms with Crippen LogP contribution in [0.1, 0.15) is 0 Å². The lowest BCUT2D eigenvalue weighted by molar-refractivity contribution is 0.669. The van der Waals surface area contributed by atoms with Crippen LogP contribution in [0.5, 0.6) is 0 Å². The average molecular weight is 668 g/mol. The molecular weight excluding hydrogens is 639 g/mol. The molecule has 0 saturated heterocycles. The number of hydrogen-bond donors (Lipinski definition) is 0. The van der Waals surface area contributed by atoms with Crippen molar-refractivity contribution in [1.82, 2.24) is 4.57 Å². The van der Waals surface area contributed by atoms with E-state index in [1.54, 1.807) is 0 Å². The van der Waals surface area contributed by atoms with Crippen LogP contribution >= 0.6 is 11.3 Å². The molecule has 11 rings (SSSR count). The van der Waals surface area contributed by atoms with E-state index in [4.69, 9.17) is 4.42 Å². The van der Waals surface area contributed by atoms with Gasteiger partial charge in [-0.15, -0.1) is 11.3 Å². The van der Waals surface area contributed by atoms with Crippen molar-refractivity contribution < 1.29 is 4.42 Å². The van der Waals surface area contributed by atoms with Crippen LogP contribution in [0.4, 0.5) is 0 Å². The van der Waals surface area contributed by atoms with Crippen molar-refractivity contribution >= 4 is 75.3 Å². The summed E-state index contributed by atoms with van der Waals surface area (Å²) in [6.45, 7) is 0. The number of fused-ring (bicyclic) bond motifs is 9. The molecule has 0 spiro atoms. The van der Waals surface area contributed by atoms with Gasteiger partial charge in [0.2, 0.25) is 0 Å². The fourth-order valence-corrected chi connectivity index (χ4v) is 9.20. The Hall–Kier alpha value is -6.42. The average Bonchev–Trinajstić information content (AvgIpc) is 3.87. The van der Waals surface area contributed by atoms with Crippen molar-refractivity contribution in [3.8, 4) is 39.1 Å². The van der Waals surface area contributed by atoms with Gasteiger partial charge in [0, 0.05) is 36.3 Å². The molecule has 0 fully saturated rings. The molecule has 2 nitrogen and oxygen atoms in total. The van der Waals surface area contributed by atoms with Gasteiger partial charge in [0.05, 0.1) is 22.1 Å². The number of para-hydroxylation sites is 1. The molecule has 0 aliphatic heterocycles. The molecule has 3 heterocycles. The number of thiophene rings is 1. The van der Waals surface area contributed by atoms with E-state index in [1.807, 2.05) is 11.3 Å². The second-order valence-corrected chi connectivity index (χ2v) is 14.4. The van der Waals surface area contributed by atoms with Crippen molar-refractivity contribution in [1.29, 1.82) is 0 Å². The lowest BCUT2D eigenvalue weighted by Gasteiger charge is -2.12. The zero-order valence-electron chi connectivity index (χ0n) is 27.5. The van der Waals surface area contributed by atoms with E-state index in [0.29, 0.717) is 0 Å². The summed E-state index contributed by atoms with van der Waals surface area (Å²) in [6, 6.07) is 63.6. The predicted octanol–water partition coefficient (Wildman–Crippen LogP) is 14.1. The first-order valence-electron chi connectivity index (χ1n) is 17.3. The Morgan fingerprint density at radius 2 is 1.02 bits per heavy atom. The Kier molecular flexibility index (Phi) is 6.16. The van der Waals surface area contributed by atoms with Gasteiger partial charge in [0.25, 0.3) is 0 Å². The number of benzene rings is 8. The number of rotatable bonds is 4. The zero-order chi connectivity index (χ0) is 33.5. The highest BCUT2D eigenvalue weighted by Crippen LogP contribution is 2.44. The molecule has 11 aromatic rings. The lowest BCUT2D eigenvalue weighted by Crippen LogP contribution is -1.95. The van der Waals surface area contributed by atoms with Crippen molar-refractivity contribution in [2.45, 2.75) is 0 Å². The van der Waals surface area contributed by atoms with Gasteiger partial charge in [-0.2, -0.15) is 0 Å². The first-order chi connectivity index (χ1) is 25.3. The van der Waals surface area contributed by atoms with E-state index in [0.717, 1.165) is 38.8 Å². The molecule has 3 aromatic heterocycles. The third-order valence-corrected chi connectivity index (χ3v) is 11.5. The largest absolute Gasteiger partial charge is 0.456 e. The first kappa shape index (κ1) is 28.4. The Morgan fingerprint density at radius 1 is 0.373 bits per heavy atom. The number of hydrogen-bond acceptors (Lipinski definition) is 2. The third kappa shape index (κ3) is 4.35. The second kappa shape index (κ2) is 11.0. The van der Waals surface area contributed by atoms with E-state index in [1.165, 1.54) is 64.2 Å². The maximum Gasteiger partial charge on any atom is 0.137 e. The van der Waals surface area contributed by atoms with Crippen LogP contribution in [0, 0.1) is 0 Å². The highest BCUT2D eigenvalue weighted by atomic mass is 32.1. The topological polar surface area (TPSA) is 18.1 Å². The van der Waals surface area contributed by atoms with Gasteiger partial charge < -0.3 is 8.98 Å². The Labute approximate surface area is 298 Å². The zero-order valence-corrected chi connectivity index (χ0v) is 28.3. The number of furan rings is 1. The van der Waals surface area contributed by atoms with Crippen LogP contribution in [0.25, 0.3) is 103 Å². The summed E-state index contributed by atoms with van der Waals surface area (Å²) >= 11 is 1.87. The Morgan fingerprint density at radius 3 is 1.88 bits per heavy atom. The minimum absolute atomic E-state index is 0.885. The van der Waals surface area contributed by atoms with Crippen LogP contribution in [-0.2, 0) is 0 Å². The second-order valence-electron chi connectivity index (χ2n) is 13.3. The Balaban J connectivity index is 1.14. The Bertz CT molecular complexity index is 3120. The first-order valence-corrected chi connectivity index (χ1v) is 18.2. The fraction of sp³-hybridized carbons (Fsp3) is 0. The summed E-state index contributed by atoms with van der Waals surface area (Å²) in [5.41, 5.74) is 12.4. The minimum Gasteiger partial charge on any atom is -0.456 e. The monoisotopic (exact) mass is 667 g/mol. The number of nitrogens with zero attached hydrogens (tertiary/aromatic N) is 1. The molecule has 0 atom stereocenters. The molecule has 0 aliphatic rings. The van der Waals surface area contributed by atoms with Crippen molar-refractivity contribution in [2.24, 2.45) is 0 Å². The fourth-order valence-electron chi connectivity index (χ4n) is 8.07. The summed E-state index contributed by atoms with van der Waals surface area (Å²) in [5, 5.41) is 7.38. The van der Waals surface area contributed by atoms with E-state index >= 15 is 0 Å². The molecule has 0 radical (unpaired) electrons. The van der Waals surface area contributed by atoms with Gasteiger partial charge in [-0.3, -0.25) is 0 Å². The van der Waals surface area contributed by atoms with Crippen LogP contribution in [0.15, 0.2) is 180 Å². The van der Waals surface area contributed by atoms with Crippen molar-refractivity contribution in [2.75, 3.05) is 0 Å². The molecule has 0 saturated carbocycles. The minimum atomic E-state index is 0.885. The predicted molar refractivity (Wildman–Crippen MR) is 217 cm³/mol. The molecule has 0 bridgehead atoms. The highest BCUT2D eigenvalue weighted by Gasteiger charge is 2.21. The molecule has 0 unspecified atom stereocenters. The molecule has 3 heteroatoms. The van der Waals surface area contributed by atoms with Crippen LogP contribution in [-0.4, -0.2) is 4.57 Å².